The van der Waals surface area contributed by atoms with Crippen molar-refractivity contribution in [2.45, 2.75) is 26.7 Å². The van der Waals surface area contributed by atoms with Crippen molar-refractivity contribution >= 4 is 28.2 Å². The van der Waals surface area contributed by atoms with Crippen LogP contribution >= 0.6 is 11.3 Å². The van der Waals surface area contributed by atoms with E-state index in [9.17, 15) is 4.79 Å². The van der Waals surface area contributed by atoms with E-state index in [0.717, 1.165) is 31.1 Å². The summed E-state index contributed by atoms with van der Waals surface area (Å²) in [4.78, 5) is 19.2. The first-order valence-corrected chi connectivity index (χ1v) is 8.34. The van der Waals surface area contributed by atoms with E-state index in [4.69, 9.17) is 10.5 Å². The summed E-state index contributed by atoms with van der Waals surface area (Å²) >= 11 is 1.36. The molecule has 7 heteroatoms. The molecule has 0 radical (unpaired) electrons. The van der Waals surface area contributed by atoms with Crippen molar-refractivity contribution in [2.24, 2.45) is 5.92 Å². The maximum Gasteiger partial charge on any atom is 0.265 e. The third-order valence-electron chi connectivity index (χ3n) is 3.84. The number of carbonyl (C=O) groups excluding carboxylic acids is 1. The minimum absolute atomic E-state index is 0.114. The molecule has 3 N–H and O–H groups in total. The first-order valence-electron chi connectivity index (χ1n) is 7.52. The number of nitrogen functional groups attached to an aromatic ring is 1. The van der Waals surface area contributed by atoms with Crippen LogP contribution in [0.5, 0.6) is 0 Å². The van der Waals surface area contributed by atoms with Gasteiger partial charge in [0.1, 0.15) is 10.7 Å². The number of carbonyl (C=O) groups is 1. The lowest BCUT2D eigenvalue weighted by Gasteiger charge is -2.25. The van der Waals surface area contributed by atoms with Crippen LogP contribution in [0.2, 0.25) is 0 Å². The fourth-order valence-electron chi connectivity index (χ4n) is 2.27. The zero-order chi connectivity index (χ0) is 15.2. The summed E-state index contributed by atoms with van der Waals surface area (Å²) in [6.45, 7) is 7.93. The predicted octanol–water partition coefficient (Wildman–Crippen LogP) is 1.73. The first kappa shape index (κ1) is 16.0. The number of ether oxygens (including phenoxy) is 1. The quantitative estimate of drug-likeness (QED) is 0.836. The molecule has 0 aromatic carbocycles. The van der Waals surface area contributed by atoms with Gasteiger partial charge in [0.2, 0.25) is 0 Å². The van der Waals surface area contributed by atoms with Crippen LogP contribution in [0.3, 0.4) is 0 Å². The maximum absolute atomic E-state index is 12.2. The molecule has 6 nitrogen and oxygen atoms in total. The molecule has 1 saturated heterocycles. The van der Waals surface area contributed by atoms with Gasteiger partial charge in [0.15, 0.2) is 5.13 Å². The molecule has 0 bridgehead atoms. The second-order valence-corrected chi connectivity index (χ2v) is 6.18. The molecule has 1 amide bonds. The number of thiazole rings is 1. The van der Waals surface area contributed by atoms with E-state index in [1.165, 1.54) is 11.3 Å². The summed E-state index contributed by atoms with van der Waals surface area (Å²) < 4.78 is 5.32. The standard InChI is InChI=1S/C14H24N4O2S/c1-3-10(4-2)9-16-13(19)11-12(15)17-14(21-11)18-5-7-20-8-6-18/h10H,3-9,15H2,1-2H3,(H,16,19). The van der Waals surface area contributed by atoms with E-state index in [1.54, 1.807) is 0 Å². The van der Waals surface area contributed by atoms with Crippen LogP contribution in [0, 0.1) is 5.92 Å². The lowest BCUT2D eigenvalue weighted by atomic mass is 10.0. The highest BCUT2D eigenvalue weighted by Gasteiger charge is 2.21. The average molecular weight is 312 g/mol. The first-order chi connectivity index (χ1) is 10.2. The van der Waals surface area contributed by atoms with Gasteiger partial charge in [0.25, 0.3) is 5.91 Å². The molecule has 1 fully saturated rings. The number of hydrogen-bond donors (Lipinski definition) is 2. The minimum atomic E-state index is -0.114. The number of anilines is 2. The van der Waals surface area contributed by atoms with Gasteiger partial charge in [-0.05, 0) is 5.92 Å². The maximum atomic E-state index is 12.2. The largest absolute Gasteiger partial charge is 0.382 e. The Morgan fingerprint density at radius 2 is 2.10 bits per heavy atom. The second-order valence-electron chi connectivity index (χ2n) is 5.20. The molecule has 1 aliphatic rings. The van der Waals surface area contributed by atoms with Gasteiger partial charge in [-0.3, -0.25) is 4.79 Å². The second kappa shape index (κ2) is 7.61. The molecule has 0 saturated carbocycles. The summed E-state index contributed by atoms with van der Waals surface area (Å²) in [6, 6.07) is 0. The Morgan fingerprint density at radius 3 is 2.71 bits per heavy atom. The highest BCUT2D eigenvalue weighted by atomic mass is 32.1. The Hall–Kier alpha value is -1.34. The molecule has 118 valence electrons. The Labute approximate surface area is 129 Å². The molecule has 1 aromatic heterocycles. The molecular formula is C14H24N4O2S. The number of rotatable bonds is 6. The van der Waals surface area contributed by atoms with E-state index in [-0.39, 0.29) is 5.91 Å². The van der Waals surface area contributed by atoms with Crippen molar-refractivity contribution in [3.05, 3.63) is 4.88 Å². The molecule has 0 aliphatic carbocycles. The van der Waals surface area contributed by atoms with Gasteiger partial charge in [-0.1, -0.05) is 38.0 Å². The Bertz CT molecular complexity index is 468. The van der Waals surface area contributed by atoms with Gasteiger partial charge < -0.3 is 20.7 Å². The van der Waals surface area contributed by atoms with Crippen LogP contribution in [-0.2, 0) is 4.74 Å². The number of hydrogen-bond acceptors (Lipinski definition) is 6. The van der Waals surface area contributed by atoms with Crippen molar-refractivity contribution in [1.82, 2.24) is 10.3 Å². The molecular weight excluding hydrogens is 288 g/mol. The summed E-state index contributed by atoms with van der Waals surface area (Å²) in [5.41, 5.74) is 5.90. The van der Waals surface area contributed by atoms with Crippen LogP contribution in [0.4, 0.5) is 10.9 Å². The van der Waals surface area contributed by atoms with Crippen molar-refractivity contribution in [1.29, 1.82) is 0 Å². The third kappa shape index (κ3) is 4.07. The minimum Gasteiger partial charge on any atom is -0.382 e. The normalized spacial score (nSPS) is 15.5. The van der Waals surface area contributed by atoms with Crippen molar-refractivity contribution in [3.8, 4) is 0 Å². The molecule has 1 aliphatic heterocycles. The Kier molecular flexibility index (Phi) is 5.81. The van der Waals surface area contributed by atoms with Gasteiger partial charge in [-0.2, -0.15) is 0 Å². The molecule has 2 rings (SSSR count). The Balaban J connectivity index is 1.99. The molecule has 1 aromatic rings. The van der Waals surface area contributed by atoms with Crippen molar-refractivity contribution in [3.63, 3.8) is 0 Å². The number of amides is 1. The van der Waals surface area contributed by atoms with E-state index in [2.05, 4.69) is 29.0 Å². The highest BCUT2D eigenvalue weighted by Crippen LogP contribution is 2.28. The molecule has 0 atom stereocenters. The van der Waals surface area contributed by atoms with E-state index >= 15 is 0 Å². The smallest absolute Gasteiger partial charge is 0.265 e. The van der Waals surface area contributed by atoms with Gasteiger partial charge >= 0.3 is 0 Å². The van der Waals surface area contributed by atoms with E-state index in [1.807, 2.05) is 0 Å². The number of nitrogens with zero attached hydrogens (tertiary/aromatic N) is 2. The van der Waals surface area contributed by atoms with Crippen LogP contribution < -0.4 is 16.0 Å². The third-order valence-corrected chi connectivity index (χ3v) is 4.97. The van der Waals surface area contributed by atoms with E-state index in [0.29, 0.717) is 36.4 Å². The number of morpholine rings is 1. The number of aromatic nitrogens is 1. The van der Waals surface area contributed by atoms with Crippen molar-refractivity contribution in [2.75, 3.05) is 43.5 Å². The predicted molar refractivity (Wildman–Crippen MR) is 86.0 cm³/mol. The van der Waals surface area contributed by atoms with Crippen LogP contribution in [0.15, 0.2) is 0 Å². The SMILES string of the molecule is CCC(CC)CNC(=O)c1sc(N2CCOCC2)nc1N. The van der Waals surface area contributed by atoms with Gasteiger partial charge in [-0.15, -0.1) is 0 Å². The van der Waals surface area contributed by atoms with Gasteiger partial charge in [0.05, 0.1) is 13.2 Å². The van der Waals surface area contributed by atoms with Gasteiger partial charge in [-0.25, -0.2) is 4.98 Å². The zero-order valence-corrected chi connectivity index (χ0v) is 13.5. The lowest BCUT2D eigenvalue weighted by molar-refractivity contribution is 0.0951. The summed E-state index contributed by atoms with van der Waals surface area (Å²) in [6.07, 6.45) is 2.13. The highest BCUT2D eigenvalue weighted by molar-refractivity contribution is 7.18. The Morgan fingerprint density at radius 1 is 1.43 bits per heavy atom. The lowest BCUT2D eigenvalue weighted by Crippen LogP contribution is -2.36. The summed E-state index contributed by atoms with van der Waals surface area (Å²) in [7, 11) is 0. The summed E-state index contributed by atoms with van der Waals surface area (Å²) in [5, 5.41) is 3.78. The molecule has 0 unspecified atom stereocenters. The van der Waals surface area contributed by atoms with Crippen LogP contribution in [0.1, 0.15) is 36.4 Å². The van der Waals surface area contributed by atoms with Crippen molar-refractivity contribution < 1.29 is 9.53 Å². The molecule has 2 heterocycles. The molecule has 21 heavy (non-hydrogen) atoms. The molecule has 0 spiro atoms. The topological polar surface area (TPSA) is 80.5 Å². The number of nitrogens with two attached hydrogens (primary N) is 1. The van der Waals surface area contributed by atoms with Crippen LogP contribution in [-0.4, -0.2) is 43.7 Å². The fraction of sp³-hybridized carbons (Fsp3) is 0.714. The van der Waals surface area contributed by atoms with Crippen LogP contribution in [0.25, 0.3) is 0 Å². The average Bonchev–Trinajstić information content (AvgIpc) is 2.91. The monoisotopic (exact) mass is 312 g/mol. The zero-order valence-electron chi connectivity index (χ0n) is 12.7. The van der Waals surface area contributed by atoms with E-state index < -0.39 is 0 Å². The van der Waals surface area contributed by atoms with Gasteiger partial charge in [0, 0.05) is 19.6 Å². The fourth-order valence-corrected chi connectivity index (χ4v) is 3.22. The summed E-state index contributed by atoms with van der Waals surface area (Å²) in [5.74, 6) is 0.724. The number of nitrogens with one attached hydrogen (secondary N) is 1.